The van der Waals surface area contributed by atoms with E-state index < -0.39 is 6.10 Å². The summed E-state index contributed by atoms with van der Waals surface area (Å²) < 4.78 is 4.77. The second kappa shape index (κ2) is 3.44. The third kappa shape index (κ3) is 1.50. The van der Waals surface area contributed by atoms with E-state index in [0.29, 0.717) is 6.54 Å². The number of carbonyl (C=O) groups excluding carboxylic acids is 1. The highest BCUT2D eigenvalue weighted by molar-refractivity contribution is 5.70. The highest BCUT2D eigenvalue weighted by atomic mass is 16.6. The third-order valence-electron chi connectivity index (χ3n) is 2.11. The van der Waals surface area contributed by atoms with Crippen LogP contribution >= 0.6 is 0 Å². The molecule has 2 unspecified atom stereocenters. The molecular weight excluding hydrogens is 156 g/mol. The Morgan fingerprint density at radius 2 is 2.58 bits per heavy atom. The van der Waals surface area contributed by atoms with E-state index in [2.05, 4.69) is 0 Å². The van der Waals surface area contributed by atoms with Gasteiger partial charge in [-0.25, -0.2) is 4.79 Å². The Labute approximate surface area is 71.7 Å². The average molecular weight is 168 g/mol. The van der Waals surface area contributed by atoms with Crippen molar-refractivity contribution in [1.29, 1.82) is 5.26 Å². The lowest BCUT2D eigenvalue weighted by atomic mass is 10.2. The van der Waals surface area contributed by atoms with E-state index in [1.54, 1.807) is 4.90 Å². The number of hydrogen-bond acceptors (Lipinski definition) is 3. The van der Waals surface area contributed by atoms with Crippen LogP contribution in [0.15, 0.2) is 0 Å². The Kier molecular flexibility index (Phi) is 2.54. The number of cyclic esters (lactones) is 1. The second-order valence-corrected chi connectivity index (χ2v) is 2.91. The minimum absolute atomic E-state index is 0.163. The van der Waals surface area contributed by atoms with Crippen LogP contribution < -0.4 is 0 Å². The van der Waals surface area contributed by atoms with E-state index >= 15 is 0 Å². The molecule has 0 saturated carbocycles. The van der Waals surface area contributed by atoms with Crippen LogP contribution in [0.3, 0.4) is 0 Å². The van der Waals surface area contributed by atoms with Crippen LogP contribution in [0.25, 0.3) is 0 Å². The summed E-state index contributed by atoms with van der Waals surface area (Å²) in [6.07, 6.45) is -0.0600. The average Bonchev–Trinajstić information content (AvgIpc) is 2.45. The van der Waals surface area contributed by atoms with Gasteiger partial charge < -0.3 is 9.64 Å². The van der Waals surface area contributed by atoms with Crippen molar-refractivity contribution in [1.82, 2.24) is 4.90 Å². The van der Waals surface area contributed by atoms with E-state index in [0.717, 1.165) is 6.42 Å². The summed E-state index contributed by atoms with van der Waals surface area (Å²) in [7, 11) is 0. The lowest BCUT2D eigenvalue weighted by Crippen LogP contribution is -2.33. The Morgan fingerprint density at radius 1 is 1.92 bits per heavy atom. The van der Waals surface area contributed by atoms with Gasteiger partial charge in [-0.05, 0) is 13.3 Å². The van der Waals surface area contributed by atoms with Crippen LogP contribution in [-0.4, -0.2) is 29.7 Å². The summed E-state index contributed by atoms with van der Waals surface area (Å²) in [5.74, 6) is 0. The smallest absolute Gasteiger partial charge is 0.411 e. The SMILES string of the molecule is CCC(C)N1CC(C#N)OC1=O. The van der Waals surface area contributed by atoms with E-state index in [1.807, 2.05) is 19.9 Å². The minimum atomic E-state index is -0.577. The minimum Gasteiger partial charge on any atom is -0.429 e. The van der Waals surface area contributed by atoms with Gasteiger partial charge >= 0.3 is 6.09 Å². The molecule has 1 rings (SSSR count). The van der Waals surface area contributed by atoms with Gasteiger partial charge in [0.25, 0.3) is 0 Å². The summed E-state index contributed by atoms with van der Waals surface area (Å²) in [4.78, 5) is 12.7. The lowest BCUT2D eigenvalue weighted by Gasteiger charge is -2.19. The van der Waals surface area contributed by atoms with Gasteiger partial charge in [-0.1, -0.05) is 6.92 Å². The Morgan fingerprint density at radius 3 is 3.00 bits per heavy atom. The summed E-state index contributed by atoms with van der Waals surface area (Å²) in [6, 6.07) is 2.08. The Hall–Kier alpha value is -1.24. The van der Waals surface area contributed by atoms with E-state index in [4.69, 9.17) is 10.00 Å². The van der Waals surface area contributed by atoms with Crippen molar-refractivity contribution in [2.45, 2.75) is 32.4 Å². The molecule has 1 amide bonds. The number of hydrogen-bond donors (Lipinski definition) is 0. The standard InChI is InChI=1S/C8H12N2O2/c1-3-6(2)10-5-7(4-9)12-8(10)11/h6-7H,3,5H2,1-2H3. The van der Waals surface area contributed by atoms with Crippen LogP contribution in [0.4, 0.5) is 4.79 Å². The van der Waals surface area contributed by atoms with Crippen molar-refractivity contribution in [2.75, 3.05) is 6.54 Å². The van der Waals surface area contributed by atoms with Crippen molar-refractivity contribution in [3.63, 3.8) is 0 Å². The Balaban J connectivity index is 2.59. The summed E-state index contributed by atoms with van der Waals surface area (Å²) in [5, 5.41) is 8.50. The van der Waals surface area contributed by atoms with Crippen LogP contribution in [0.1, 0.15) is 20.3 Å². The normalized spacial score (nSPS) is 24.9. The molecule has 0 radical (unpaired) electrons. The van der Waals surface area contributed by atoms with Crippen molar-refractivity contribution in [3.05, 3.63) is 0 Å². The molecule has 1 heterocycles. The molecule has 4 nitrogen and oxygen atoms in total. The van der Waals surface area contributed by atoms with E-state index in [1.165, 1.54) is 0 Å². The Bertz CT molecular complexity index is 222. The first-order valence-corrected chi connectivity index (χ1v) is 4.06. The predicted octanol–water partition coefficient (Wildman–Crippen LogP) is 1.13. The number of carbonyl (C=O) groups is 1. The molecule has 1 saturated heterocycles. The molecule has 1 aliphatic rings. The molecular formula is C8H12N2O2. The first kappa shape index (κ1) is 8.85. The zero-order valence-corrected chi connectivity index (χ0v) is 7.28. The number of nitriles is 1. The number of ether oxygens (including phenoxy) is 1. The lowest BCUT2D eigenvalue weighted by molar-refractivity contribution is 0.140. The summed E-state index contributed by atoms with van der Waals surface area (Å²) >= 11 is 0. The molecule has 0 spiro atoms. The molecule has 0 bridgehead atoms. The van der Waals surface area contributed by atoms with Crippen LogP contribution in [0.5, 0.6) is 0 Å². The first-order chi connectivity index (χ1) is 5.69. The monoisotopic (exact) mass is 168 g/mol. The van der Waals surface area contributed by atoms with Gasteiger partial charge in [-0.15, -0.1) is 0 Å². The predicted molar refractivity (Wildman–Crippen MR) is 42.3 cm³/mol. The van der Waals surface area contributed by atoms with Gasteiger partial charge in [0.15, 0.2) is 0 Å². The second-order valence-electron chi connectivity index (χ2n) is 2.91. The molecule has 0 aromatic carbocycles. The number of amides is 1. The molecule has 12 heavy (non-hydrogen) atoms. The highest BCUT2D eigenvalue weighted by Gasteiger charge is 2.33. The van der Waals surface area contributed by atoms with Gasteiger partial charge in [0.1, 0.15) is 6.07 Å². The molecule has 2 atom stereocenters. The van der Waals surface area contributed by atoms with Crippen LogP contribution in [0, 0.1) is 11.3 Å². The quantitative estimate of drug-likeness (QED) is 0.621. The number of nitrogens with zero attached hydrogens (tertiary/aromatic N) is 2. The van der Waals surface area contributed by atoms with E-state index in [-0.39, 0.29) is 12.1 Å². The third-order valence-corrected chi connectivity index (χ3v) is 2.11. The maximum atomic E-state index is 11.1. The van der Waals surface area contributed by atoms with Crippen LogP contribution in [-0.2, 0) is 4.74 Å². The fraction of sp³-hybridized carbons (Fsp3) is 0.750. The topological polar surface area (TPSA) is 53.3 Å². The molecule has 0 N–H and O–H groups in total. The molecule has 66 valence electrons. The van der Waals surface area contributed by atoms with Crippen molar-refractivity contribution in [3.8, 4) is 6.07 Å². The summed E-state index contributed by atoms with van der Waals surface area (Å²) in [6.45, 7) is 4.35. The number of rotatable bonds is 2. The van der Waals surface area contributed by atoms with Gasteiger partial charge in [0.2, 0.25) is 6.10 Å². The molecule has 0 aromatic rings. The molecule has 1 aliphatic heterocycles. The van der Waals surface area contributed by atoms with Crippen molar-refractivity contribution in [2.24, 2.45) is 0 Å². The largest absolute Gasteiger partial charge is 0.429 e. The molecule has 0 aromatic heterocycles. The fourth-order valence-corrected chi connectivity index (χ4v) is 1.13. The maximum absolute atomic E-state index is 11.1. The van der Waals surface area contributed by atoms with Crippen molar-refractivity contribution >= 4 is 6.09 Å². The van der Waals surface area contributed by atoms with Crippen molar-refractivity contribution < 1.29 is 9.53 Å². The molecule has 1 fully saturated rings. The van der Waals surface area contributed by atoms with Gasteiger partial charge in [0.05, 0.1) is 6.54 Å². The van der Waals surface area contributed by atoms with Crippen LogP contribution in [0.2, 0.25) is 0 Å². The molecule has 0 aliphatic carbocycles. The zero-order valence-electron chi connectivity index (χ0n) is 7.28. The first-order valence-electron chi connectivity index (χ1n) is 4.06. The van der Waals surface area contributed by atoms with Gasteiger partial charge in [-0.3, -0.25) is 0 Å². The zero-order chi connectivity index (χ0) is 9.14. The van der Waals surface area contributed by atoms with Gasteiger partial charge in [0, 0.05) is 6.04 Å². The maximum Gasteiger partial charge on any atom is 0.411 e. The summed E-state index contributed by atoms with van der Waals surface area (Å²) in [5.41, 5.74) is 0. The fourth-order valence-electron chi connectivity index (χ4n) is 1.13. The highest BCUT2D eigenvalue weighted by Crippen LogP contribution is 2.15. The molecule has 4 heteroatoms. The van der Waals surface area contributed by atoms with E-state index in [9.17, 15) is 4.79 Å². The van der Waals surface area contributed by atoms with Gasteiger partial charge in [-0.2, -0.15) is 5.26 Å².